The first-order valence-electron chi connectivity index (χ1n) is 10.8. The van der Waals surface area contributed by atoms with E-state index in [2.05, 4.69) is 40.8 Å². The van der Waals surface area contributed by atoms with E-state index in [4.69, 9.17) is 4.74 Å². The zero-order chi connectivity index (χ0) is 23.9. The molecule has 178 valence electrons. The Labute approximate surface area is 205 Å². The van der Waals surface area contributed by atoms with Gasteiger partial charge in [-0.3, -0.25) is 0 Å². The first kappa shape index (κ1) is 22.9. The second-order valence-corrected chi connectivity index (χ2v) is 11.2. The molecule has 2 aliphatic heterocycles. The molecule has 0 atom stereocenters. The van der Waals surface area contributed by atoms with Gasteiger partial charge < -0.3 is 14.5 Å². The van der Waals surface area contributed by atoms with Crippen LogP contribution in [0.1, 0.15) is 18.4 Å². The monoisotopic (exact) mass is 548 g/mol. The summed E-state index contributed by atoms with van der Waals surface area (Å²) in [6, 6.07) is 3.93. The van der Waals surface area contributed by atoms with E-state index < -0.39 is 15.7 Å². The minimum Gasteiger partial charge on any atom is -0.474 e. The van der Waals surface area contributed by atoms with Crippen molar-refractivity contribution in [1.82, 2.24) is 19.9 Å². The molecule has 0 amide bonds. The van der Waals surface area contributed by atoms with Crippen molar-refractivity contribution in [2.45, 2.75) is 30.3 Å². The van der Waals surface area contributed by atoms with E-state index in [0.717, 1.165) is 48.3 Å². The molecule has 9 nitrogen and oxygen atoms in total. The Balaban J connectivity index is 1.30. The summed E-state index contributed by atoms with van der Waals surface area (Å²) in [5.74, 6) is 1.18. The smallest absolute Gasteiger partial charge is 0.225 e. The van der Waals surface area contributed by atoms with Crippen LogP contribution in [0.15, 0.2) is 46.3 Å². The van der Waals surface area contributed by atoms with Gasteiger partial charge in [-0.15, -0.1) is 0 Å². The summed E-state index contributed by atoms with van der Waals surface area (Å²) in [4.78, 5) is 21.2. The van der Waals surface area contributed by atoms with Crippen molar-refractivity contribution in [3.63, 3.8) is 0 Å². The summed E-state index contributed by atoms with van der Waals surface area (Å²) in [7, 11) is -3.49. The molecular formula is C22H22BrFN6O3S. The third-order valence-corrected chi connectivity index (χ3v) is 7.49. The molecule has 0 aliphatic carbocycles. The van der Waals surface area contributed by atoms with Crippen LogP contribution < -0.4 is 14.5 Å². The summed E-state index contributed by atoms with van der Waals surface area (Å²) in [5, 5.41) is 0. The lowest BCUT2D eigenvalue weighted by molar-refractivity contribution is 0.162. The van der Waals surface area contributed by atoms with Crippen LogP contribution >= 0.6 is 15.9 Å². The van der Waals surface area contributed by atoms with Crippen LogP contribution in [-0.2, 0) is 16.3 Å². The van der Waals surface area contributed by atoms with Crippen molar-refractivity contribution < 1.29 is 17.5 Å². The van der Waals surface area contributed by atoms with Gasteiger partial charge in [0.15, 0.2) is 9.84 Å². The number of piperidine rings is 1. The number of benzene rings is 1. The molecule has 1 aromatic carbocycles. The van der Waals surface area contributed by atoms with Gasteiger partial charge in [0.25, 0.3) is 0 Å². The molecule has 0 N–H and O–H groups in total. The predicted molar refractivity (Wildman–Crippen MR) is 128 cm³/mol. The van der Waals surface area contributed by atoms with Gasteiger partial charge in [-0.25, -0.2) is 32.7 Å². The Morgan fingerprint density at radius 3 is 2.50 bits per heavy atom. The number of sulfone groups is 1. The fourth-order valence-electron chi connectivity index (χ4n) is 4.24. The summed E-state index contributed by atoms with van der Waals surface area (Å²) < 4.78 is 45.4. The number of hydrogen-bond donors (Lipinski definition) is 0. The van der Waals surface area contributed by atoms with Crippen molar-refractivity contribution in [2.24, 2.45) is 0 Å². The van der Waals surface area contributed by atoms with Crippen LogP contribution in [-0.4, -0.2) is 60.3 Å². The highest BCUT2D eigenvalue weighted by Crippen LogP contribution is 2.38. The van der Waals surface area contributed by atoms with Gasteiger partial charge in [-0.1, -0.05) is 0 Å². The van der Waals surface area contributed by atoms with Crippen molar-refractivity contribution in [2.75, 3.05) is 35.7 Å². The second-order valence-electron chi connectivity index (χ2n) is 8.27. The summed E-state index contributed by atoms with van der Waals surface area (Å²) in [6.45, 7) is 2.03. The van der Waals surface area contributed by atoms with Crippen molar-refractivity contribution >= 4 is 43.2 Å². The summed E-state index contributed by atoms with van der Waals surface area (Å²) in [5.41, 5.74) is 1.10. The number of halogens is 2. The Kier molecular flexibility index (Phi) is 6.11. The average Bonchev–Trinajstić information content (AvgIpc) is 3.24. The maximum Gasteiger partial charge on any atom is 0.225 e. The lowest BCUT2D eigenvalue weighted by Gasteiger charge is -2.32. The number of fused-ring (bicyclic) bond motifs is 1. The van der Waals surface area contributed by atoms with Gasteiger partial charge in [0.05, 0.1) is 20.6 Å². The number of anilines is 3. The zero-order valence-corrected chi connectivity index (χ0v) is 20.8. The molecule has 2 aromatic heterocycles. The molecule has 34 heavy (non-hydrogen) atoms. The molecule has 12 heteroatoms. The number of aromatic nitrogens is 4. The van der Waals surface area contributed by atoms with E-state index >= 15 is 0 Å². The quantitative estimate of drug-likeness (QED) is 0.475. The van der Waals surface area contributed by atoms with E-state index in [9.17, 15) is 12.8 Å². The van der Waals surface area contributed by atoms with Crippen molar-refractivity contribution in [3.05, 3.63) is 52.8 Å². The molecule has 0 radical (unpaired) electrons. The van der Waals surface area contributed by atoms with Crippen LogP contribution in [0.5, 0.6) is 5.88 Å². The zero-order valence-electron chi connectivity index (χ0n) is 18.4. The van der Waals surface area contributed by atoms with E-state index in [1.54, 1.807) is 17.3 Å². The maximum atomic E-state index is 14.8. The van der Waals surface area contributed by atoms with Crippen LogP contribution in [0.25, 0.3) is 0 Å². The summed E-state index contributed by atoms with van der Waals surface area (Å²) in [6.07, 6.45) is 8.12. The molecule has 0 unspecified atom stereocenters. The van der Waals surface area contributed by atoms with Gasteiger partial charge in [0.1, 0.15) is 24.1 Å². The van der Waals surface area contributed by atoms with Gasteiger partial charge in [-0.2, -0.15) is 0 Å². The van der Waals surface area contributed by atoms with E-state index in [1.807, 2.05) is 0 Å². The van der Waals surface area contributed by atoms with E-state index in [1.165, 1.54) is 18.5 Å². The first-order valence-corrected chi connectivity index (χ1v) is 13.5. The number of ether oxygens (including phenoxy) is 1. The van der Waals surface area contributed by atoms with Gasteiger partial charge in [-0.05, 0) is 40.5 Å². The summed E-state index contributed by atoms with van der Waals surface area (Å²) >= 11 is 3.35. The fraction of sp³-hybridized carbons (Fsp3) is 0.364. The normalized spacial score (nSPS) is 16.6. The molecule has 0 saturated carbocycles. The van der Waals surface area contributed by atoms with Crippen LogP contribution in [0.4, 0.5) is 21.8 Å². The lowest BCUT2D eigenvalue weighted by Crippen LogP contribution is -2.39. The Morgan fingerprint density at radius 1 is 1.09 bits per heavy atom. The van der Waals surface area contributed by atoms with Crippen molar-refractivity contribution in [3.8, 4) is 5.88 Å². The number of hydrogen-bond acceptors (Lipinski definition) is 9. The van der Waals surface area contributed by atoms with E-state index in [0.29, 0.717) is 30.6 Å². The molecule has 0 spiro atoms. The Bertz CT molecular complexity index is 1320. The van der Waals surface area contributed by atoms with Gasteiger partial charge in [0, 0.05) is 51.1 Å². The largest absolute Gasteiger partial charge is 0.474 e. The molecule has 0 bridgehead atoms. The van der Waals surface area contributed by atoms with Crippen LogP contribution in [0, 0.1) is 5.82 Å². The second kappa shape index (κ2) is 9.06. The predicted octanol–water partition coefficient (Wildman–Crippen LogP) is 3.31. The molecule has 3 aromatic rings. The van der Waals surface area contributed by atoms with Gasteiger partial charge in [0.2, 0.25) is 11.8 Å². The van der Waals surface area contributed by atoms with Crippen molar-refractivity contribution in [1.29, 1.82) is 0 Å². The molecule has 1 fully saturated rings. The number of nitrogens with zero attached hydrogens (tertiary/aromatic N) is 6. The highest BCUT2D eigenvalue weighted by atomic mass is 79.9. The molecular weight excluding hydrogens is 527 g/mol. The minimum atomic E-state index is -3.49. The Morgan fingerprint density at radius 2 is 1.82 bits per heavy atom. The Hall–Kier alpha value is -2.86. The molecule has 4 heterocycles. The standard InChI is InChI=1S/C22H22BrFN6O3S/c1-34(31,32)16-2-3-19(18(24)10-16)30-9-6-17-20(30)27-13-28-21(17)33-15-4-7-29(8-5-15)22-25-11-14(23)12-26-22/h2-3,10-13,15H,4-9H2,1H3. The SMILES string of the molecule is CS(=O)(=O)c1ccc(N2CCc3c(OC4CCN(c5ncc(Br)cn5)CC4)ncnc32)c(F)c1. The highest BCUT2D eigenvalue weighted by molar-refractivity contribution is 9.10. The maximum absolute atomic E-state index is 14.8. The van der Waals surface area contributed by atoms with E-state index in [-0.39, 0.29) is 16.7 Å². The lowest BCUT2D eigenvalue weighted by atomic mass is 10.1. The highest BCUT2D eigenvalue weighted by Gasteiger charge is 2.30. The molecule has 2 aliphatic rings. The molecule has 1 saturated heterocycles. The van der Waals surface area contributed by atoms with Crippen LogP contribution in [0.2, 0.25) is 0 Å². The molecule has 5 rings (SSSR count). The third kappa shape index (κ3) is 4.56. The first-order chi connectivity index (χ1) is 16.3. The topological polar surface area (TPSA) is 101 Å². The fourth-order valence-corrected chi connectivity index (χ4v) is 5.08. The number of rotatable bonds is 5. The van der Waals surface area contributed by atoms with Crippen LogP contribution in [0.3, 0.4) is 0 Å². The van der Waals surface area contributed by atoms with Gasteiger partial charge >= 0.3 is 0 Å². The minimum absolute atomic E-state index is 0.00877. The third-order valence-electron chi connectivity index (χ3n) is 5.97. The average molecular weight is 549 g/mol.